The summed E-state index contributed by atoms with van der Waals surface area (Å²) in [6.45, 7) is 13.8. The first-order chi connectivity index (χ1) is 19.5. The van der Waals surface area contributed by atoms with Gasteiger partial charge in [0.1, 0.15) is 11.6 Å². The molecule has 3 saturated carbocycles. The van der Waals surface area contributed by atoms with Crippen LogP contribution in [-0.4, -0.2) is 61.6 Å². The van der Waals surface area contributed by atoms with Crippen LogP contribution in [0.2, 0.25) is 0 Å². The number of amides is 1. The van der Waals surface area contributed by atoms with E-state index in [0.717, 1.165) is 43.0 Å². The Hall–Kier alpha value is -3.13. The van der Waals surface area contributed by atoms with E-state index in [2.05, 4.69) is 55.5 Å². The second-order valence-corrected chi connectivity index (χ2v) is 13.0. The molecule has 0 aromatic heterocycles. The first kappa shape index (κ1) is 29.4. The van der Waals surface area contributed by atoms with Crippen LogP contribution in [0.5, 0.6) is 5.75 Å². The molecule has 41 heavy (non-hydrogen) atoms. The van der Waals surface area contributed by atoms with Crippen molar-refractivity contribution >= 4 is 17.6 Å². The number of carbonyl (C=O) groups is 1. The molecule has 0 spiro atoms. The van der Waals surface area contributed by atoms with Crippen LogP contribution >= 0.6 is 0 Å². The number of rotatable bonds is 7. The van der Waals surface area contributed by atoms with Crippen molar-refractivity contribution in [1.29, 1.82) is 0 Å². The Morgan fingerprint density at radius 3 is 2.41 bits per heavy atom. The molecule has 222 valence electrons. The average Bonchev–Trinajstić information content (AvgIpc) is 2.93. The number of nitrogens with one attached hydrogen (secondary N) is 3. The first-order valence-electron chi connectivity index (χ1n) is 15.1. The van der Waals surface area contributed by atoms with Crippen LogP contribution in [-0.2, 0) is 6.42 Å². The maximum absolute atomic E-state index is 14.2. The van der Waals surface area contributed by atoms with Crippen LogP contribution in [0.1, 0.15) is 63.4 Å². The Morgan fingerprint density at radius 1 is 1.10 bits per heavy atom. The highest BCUT2D eigenvalue weighted by molar-refractivity contribution is 5.96. The summed E-state index contributed by atoms with van der Waals surface area (Å²) in [7, 11) is 1.51. The molecule has 2 aromatic rings. The summed E-state index contributed by atoms with van der Waals surface area (Å²) in [5.74, 6) is 2.94. The Balaban J connectivity index is 1.24. The summed E-state index contributed by atoms with van der Waals surface area (Å²) in [6.07, 6.45) is 2.89. The minimum absolute atomic E-state index is 0.179. The number of anilines is 1. The zero-order valence-electron chi connectivity index (χ0n) is 25.3. The molecular formula is C33H46FN5O2. The summed E-state index contributed by atoms with van der Waals surface area (Å²) in [4.78, 5) is 20.5. The number of halogens is 1. The molecule has 2 aromatic carbocycles. The minimum atomic E-state index is -0.330. The summed E-state index contributed by atoms with van der Waals surface area (Å²) in [6, 6.07) is 13.4. The lowest BCUT2D eigenvalue weighted by molar-refractivity contribution is -0.108. The average molecular weight is 564 g/mol. The minimum Gasteiger partial charge on any atom is -0.497 e. The third-order valence-corrected chi connectivity index (χ3v) is 9.80. The lowest BCUT2D eigenvalue weighted by atomic mass is 9.45. The quantitative estimate of drug-likeness (QED) is 0.314. The van der Waals surface area contributed by atoms with Gasteiger partial charge in [0.2, 0.25) is 0 Å². The second kappa shape index (κ2) is 12.0. The number of piperazine rings is 1. The van der Waals surface area contributed by atoms with Crippen molar-refractivity contribution in [2.75, 3.05) is 32.1 Å². The summed E-state index contributed by atoms with van der Waals surface area (Å²) < 4.78 is 19.3. The number of carbonyl (C=O) groups excluding carboxylic acids is 1. The maximum Gasteiger partial charge on any atom is 0.251 e. The molecule has 3 aliphatic carbocycles. The van der Waals surface area contributed by atoms with E-state index in [4.69, 9.17) is 9.73 Å². The van der Waals surface area contributed by atoms with Crippen LogP contribution in [0, 0.1) is 29.0 Å². The van der Waals surface area contributed by atoms with E-state index < -0.39 is 0 Å². The number of aliphatic imine (C=N–C) groups is 1. The van der Waals surface area contributed by atoms with E-state index in [9.17, 15) is 9.18 Å². The number of benzene rings is 2. The Bertz CT molecular complexity index is 1250. The smallest absolute Gasteiger partial charge is 0.251 e. The lowest BCUT2D eigenvalue weighted by Gasteiger charge is -2.61. The number of nitrogens with zero attached hydrogens (tertiary/aromatic N) is 2. The number of hydrogen-bond donors (Lipinski definition) is 3. The largest absolute Gasteiger partial charge is 0.497 e. The standard InChI is InChI=1S/C33H46FN5O2/c1-20-18-39(19-21(2)36-20)32(38-30-16-25-15-28(22(30)3)33(25,4)5)37-26-10-7-24(8-11-26)31(40)35-14-13-23-9-12-27(41-6)17-29(23)34/h7-12,17,20-22,25,28,30,36H,13-16,18-19H2,1-6H3,(H,35,40)(H,37,38)/t20?,21?,22-,25+,28-,30?/m0/s1. The molecule has 6 rings (SSSR count). The first-order valence-corrected chi connectivity index (χ1v) is 15.1. The zero-order valence-corrected chi connectivity index (χ0v) is 25.3. The van der Waals surface area contributed by atoms with E-state index in [1.807, 2.05) is 24.3 Å². The molecule has 8 heteroatoms. The fourth-order valence-corrected chi connectivity index (χ4v) is 7.25. The van der Waals surface area contributed by atoms with Gasteiger partial charge in [-0.1, -0.05) is 26.8 Å². The van der Waals surface area contributed by atoms with Gasteiger partial charge in [-0.2, -0.15) is 0 Å². The van der Waals surface area contributed by atoms with Crippen molar-refractivity contribution < 1.29 is 13.9 Å². The topological polar surface area (TPSA) is 78.0 Å². The van der Waals surface area contributed by atoms with Gasteiger partial charge in [0.25, 0.3) is 5.91 Å². The summed E-state index contributed by atoms with van der Waals surface area (Å²) in [5, 5.41) is 10.1. The highest BCUT2D eigenvalue weighted by Gasteiger charge is 2.56. The Labute approximate surface area is 244 Å². The highest BCUT2D eigenvalue weighted by Crippen LogP contribution is 2.61. The zero-order chi connectivity index (χ0) is 29.3. The van der Waals surface area contributed by atoms with Gasteiger partial charge in [-0.05, 0) is 92.2 Å². The lowest BCUT2D eigenvalue weighted by Crippen LogP contribution is -2.59. The Morgan fingerprint density at radius 2 is 1.80 bits per heavy atom. The van der Waals surface area contributed by atoms with Gasteiger partial charge in [-0.15, -0.1) is 0 Å². The maximum atomic E-state index is 14.2. The van der Waals surface area contributed by atoms with Gasteiger partial charge < -0.3 is 25.6 Å². The van der Waals surface area contributed by atoms with Gasteiger partial charge in [0, 0.05) is 49.0 Å². The van der Waals surface area contributed by atoms with Gasteiger partial charge >= 0.3 is 0 Å². The normalized spacial score (nSPS) is 29.0. The molecule has 4 aliphatic rings. The fraction of sp³-hybridized carbons (Fsp3) is 0.576. The third-order valence-electron chi connectivity index (χ3n) is 9.80. The molecule has 4 fully saturated rings. The van der Waals surface area contributed by atoms with Crippen molar-refractivity contribution in [2.45, 2.75) is 72.0 Å². The van der Waals surface area contributed by atoms with Gasteiger partial charge in [-0.25, -0.2) is 9.38 Å². The predicted molar refractivity (Wildman–Crippen MR) is 163 cm³/mol. The number of ether oxygens (including phenoxy) is 1. The molecule has 3 unspecified atom stereocenters. The van der Waals surface area contributed by atoms with Crippen LogP contribution in [0.4, 0.5) is 10.1 Å². The molecule has 3 N–H and O–H groups in total. The monoisotopic (exact) mass is 563 g/mol. The van der Waals surface area contributed by atoms with E-state index in [0.29, 0.717) is 59.3 Å². The van der Waals surface area contributed by atoms with E-state index in [1.54, 1.807) is 12.1 Å². The molecule has 1 aliphatic heterocycles. The fourth-order valence-electron chi connectivity index (χ4n) is 7.25. The summed E-state index contributed by atoms with van der Waals surface area (Å²) >= 11 is 0. The molecular weight excluding hydrogens is 517 g/mol. The molecule has 7 nitrogen and oxygen atoms in total. The van der Waals surface area contributed by atoms with Gasteiger partial charge in [0.15, 0.2) is 5.96 Å². The van der Waals surface area contributed by atoms with Crippen LogP contribution in [0.3, 0.4) is 0 Å². The predicted octanol–water partition coefficient (Wildman–Crippen LogP) is 5.33. The van der Waals surface area contributed by atoms with Crippen LogP contribution in [0.15, 0.2) is 47.5 Å². The van der Waals surface area contributed by atoms with Crippen molar-refractivity contribution in [3.63, 3.8) is 0 Å². The molecule has 1 amide bonds. The SMILES string of the molecule is COc1ccc(CCNC(=O)c2ccc(NC(=NC3C[C@H]4C[C@@H]([C@@H]3C)C4(C)C)N3CC(C)NC(C)C3)cc2)c(F)c1. The summed E-state index contributed by atoms with van der Waals surface area (Å²) in [5.41, 5.74) is 2.45. The third kappa shape index (κ3) is 6.37. The Kier molecular flexibility index (Phi) is 8.60. The van der Waals surface area contributed by atoms with Crippen molar-refractivity contribution in [1.82, 2.24) is 15.5 Å². The molecule has 2 bridgehead atoms. The van der Waals surface area contributed by atoms with Gasteiger partial charge in [0.05, 0.1) is 13.2 Å². The molecule has 6 atom stereocenters. The number of fused-ring (bicyclic) bond motifs is 2. The molecule has 1 saturated heterocycles. The number of hydrogen-bond acceptors (Lipinski definition) is 4. The van der Waals surface area contributed by atoms with Crippen molar-refractivity contribution in [3.8, 4) is 5.75 Å². The van der Waals surface area contributed by atoms with E-state index in [-0.39, 0.29) is 11.7 Å². The van der Waals surface area contributed by atoms with Gasteiger partial charge in [-0.3, -0.25) is 4.79 Å². The van der Waals surface area contributed by atoms with Crippen molar-refractivity contribution in [3.05, 3.63) is 59.4 Å². The van der Waals surface area contributed by atoms with Crippen LogP contribution in [0.25, 0.3) is 0 Å². The van der Waals surface area contributed by atoms with Crippen molar-refractivity contribution in [2.24, 2.45) is 28.2 Å². The molecule has 0 radical (unpaired) electrons. The number of guanidine groups is 1. The number of methoxy groups -OCH3 is 1. The van der Waals surface area contributed by atoms with E-state index in [1.165, 1.54) is 19.6 Å². The van der Waals surface area contributed by atoms with E-state index >= 15 is 0 Å². The molecule has 1 heterocycles. The second-order valence-electron chi connectivity index (χ2n) is 13.0. The highest BCUT2D eigenvalue weighted by atomic mass is 19.1. The van der Waals surface area contributed by atoms with Crippen LogP contribution < -0.4 is 20.7 Å².